The molecule has 0 saturated heterocycles. The third-order valence-corrected chi connectivity index (χ3v) is 3.41. The summed E-state index contributed by atoms with van der Waals surface area (Å²) in [5.74, 6) is -0.873. The number of phenolic OH excluding ortho intramolecular Hbond substituents is 1. The molecule has 6 heteroatoms. The molecule has 1 unspecified atom stereocenters. The minimum absolute atomic E-state index is 0.0173. The number of aliphatic carboxylic acids is 1. The predicted molar refractivity (Wildman–Crippen MR) is 74.7 cm³/mol. The van der Waals surface area contributed by atoms with Gasteiger partial charge < -0.3 is 15.5 Å². The number of hydrogen-bond donors (Lipinski definition) is 3. The second kappa shape index (κ2) is 7.04. The minimum Gasteiger partial charge on any atom is -0.508 e. The Kier molecular flexibility index (Phi) is 5.69. The topological polar surface area (TPSA) is 86.6 Å². The van der Waals surface area contributed by atoms with Gasteiger partial charge in [0.05, 0.1) is 0 Å². The van der Waals surface area contributed by atoms with Crippen molar-refractivity contribution in [2.24, 2.45) is 0 Å². The summed E-state index contributed by atoms with van der Waals surface area (Å²) in [6.45, 7) is 1.61. The highest BCUT2D eigenvalue weighted by atomic mass is 32.2. The summed E-state index contributed by atoms with van der Waals surface area (Å²) in [6, 6.07) is 3.67. The molecular weight excluding hydrogens is 266 g/mol. The molecule has 0 heterocycles. The summed E-state index contributed by atoms with van der Waals surface area (Å²) >= 11 is 1.52. The van der Waals surface area contributed by atoms with Crippen LogP contribution in [0.4, 0.5) is 0 Å². The average molecular weight is 283 g/mol. The van der Waals surface area contributed by atoms with Gasteiger partial charge in [-0.15, -0.1) is 0 Å². The first-order valence-electron chi connectivity index (χ1n) is 5.78. The van der Waals surface area contributed by atoms with E-state index < -0.39 is 17.9 Å². The third-order valence-electron chi connectivity index (χ3n) is 2.76. The van der Waals surface area contributed by atoms with Crippen LogP contribution in [0.5, 0.6) is 5.75 Å². The summed E-state index contributed by atoms with van der Waals surface area (Å²) in [5.41, 5.74) is 0.726. The average Bonchev–Trinajstić information content (AvgIpc) is 2.37. The first kappa shape index (κ1) is 15.4. The molecule has 1 aromatic carbocycles. The molecule has 0 aromatic heterocycles. The van der Waals surface area contributed by atoms with E-state index in [-0.39, 0.29) is 11.3 Å². The van der Waals surface area contributed by atoms with E-state index in [1.807, 2.05) is 6.26 Å². The SMILES string of the molecule is CSCCC(NC(=O)c1cccc(O)c1C)C(=O)O. The number of phenols is 1. The van der Waals surface area contributed by atoms with Crippen LogP contribution < -0.4 is 5.32 Å². The Morgan fingerprint density at radius 3 is 2.68 bits per heavy atom. The third kappa shape index (κ3) is 4.17. The van der Waals surface area contributed by atoms with Crippen molar-refractivity contribution in [2.45, 2.75) is 19.4 Å². The van der Waals surface area contributed by atoms with Gasteiger partial charge in [-0.25, -0.2) is 4.79 Å². The lowest BCUT2D eigenvalue weighted by Gasteiger charge is -2.15. The van der Waals surface area contributed by atoms with Crippen LogP contribution in [-0.4, -0.2) is 40.1 Å². The molecule has 3 N–H and O–H groups in total. The van der Waals surface area contributed by atoms with Crippen LogP contribution in [0.25, 0.3) is 0 Å². The van der Waals surface area contributed by atoms with E-state index in [4.69, 9.17) is 5.11 Å². The fourth-order valence-electron chi connectivity index (χ4n) is 1.60. The van der Waals surface area contributed by atoms with Crippen LogP contribution in [0, 0.1) is 6.92 Å². The number of aromatic hydroxyl groups is 1. The van der Waals surface area contributed by atoms with Gasteiger partial charge in [-0.2, -0.15) is 11.8 Å². The van der Waals surface area contributed by atoms with Crippen LogP contribution in [0.3, 0.4) is 0 Å². The Labute approximate surface area is 116 Å². The maximum atomic E-state index is 12.0. The number of nitrogens with one attached hydrogen (secondary N) is 1. The molecule has 0 bridgehead atoms. The molecule has 1 amide bonds. The van der Waals surface area contributed by atoms with Crippen molar-refractivity contribution in [2.75, 3.05) is 12.0 Å². The Balaban J connectivity index is 2.82. The molecule has 19 heavy (non-hydrogen) atoms. The molecule has 104 valence electrons. The van der Waals surface area contributed by atoms with Crippen molar-refractivity contribution in [3.05, 3.63) is 29.3 Å². The maximum Gasteiger partial charge on any atom is 0.326 e. The van der Waals surface area contributed by atoms with Crippen molar-refractivity contribution >= 4 is 23.6 Å². The number of hydrogen-bond acceptors (Lipinski definition) is 4. The van der Waals surface area contributed by atoms with Gasteiger partial charge in [0.1, 0.15) is 11.8 Å². The number of carboxylic acid groups (broad SMARTS) is 1. The summed E-state index contributed by atoms with van der Waals surface area (Å²) in [5, 5.41) is 21.1. The van der Waals surface area contributed by atoms with E-state index >= 15 is 0 Å². The zero-order valence-corrected chi connectivity index (χ0v) is 11.7. The molecule has 0 aliphatic heterocycles. The van der Waals surface area contributed by atoms with Gasteiger partial charge in [0, 0.05) is 11.1 Å². The highest BCUT2D eigenvalue weighted by molar-refractivity contribution is 7.98. The van der Waals surface area contributed by atoms with Gasteiger partial charge in [0.2, 0.25) is 0 Å². The lowest BCUT2D eigenvalue weighted by atomic mass is 10.1. The van der Waals surface area contributed by atoms with Crippen LogP contribution >= 0.6 is 11.8 Å². The molecule has 0 saturated carbocycles. The molecule has 1 atom stereocenters. The zero-order valence-electron chi connectivity index (χ0n) is 10.8. The smallest absolute Gasteiger partial charge is 0.326 e. The van der Waals surface area contributed by atoms with Crippen LogP contribution in [0.1, 0.15) is 22.3 Å². The quantitative estimate of drug-likeness (QED) is 0.739. The number of thioether (sulfide) groups is 1. The van der Waals surface area contributed by atoms with Gasteiger partial charge in [-0.3, -0.25) is 4.79 Å². The van der Waals surface area contributed by atoms with Gasteiger partial charge >= 0.3 is 5.97 Å². The second-order valence-corrected chi connectivity index (χ2v) is 5.08. The zero-order chi connectivity index (χ0) is 14.4. The van der Waals surface area contributed by atoms with E-state index in [9.17, 15) is 14.7 Å². The maximum absolute atomic E-state index is 12.0. The number of carbonyl (C=O) groups is 2. The number of amides is 1. The van der Waals surface area contributed by atoms with Gasteiger partial charge in [-0.1, -0.05) is 6.07 Å². The first-order chi connectivity index (χ1) is 8.97. The normalized spacial score (nSPS) is 11.9. The number of rotatable bonds is 6. The van der Waals surface area contributed by atoms with E-state index in [0.717, 1.165) is 0 Å². The molecule has 0 aliphatic rings. The van der Waals surface area contributed by atoms with Crippen molar-refractivity contribution < 1.29 is 19.8 Å². The number of carbonyl (C=O) groups excluding carboxylic acids is 1. The van der Waals surface area contributed by atoms with E-state index in [2.05, 4.69) is 5.32 Å². The predicted octanol–water partition coefficient (Wildman–Crippen LogP) is 1.64. The fourth-order valence-corrected chi connectivity index (χ4v) is 2.07. The fraction of sp³-hybridized carbons (Fsp3) is 0.385. The largest absolute Gasteiger partial charge is 0.508 e. The monoisotopic (exact) mass is 283 g/mol. The first-order valence-corrected chi connectivity index (χ1v) is 7.18. The molecule has 0 fully saturated rings. The van der Waals surface area contributed by atoms with Gasteiger partial charge in [0.15, 0.2) is 0 Å². The van der Waals surface area contributed by atoms with E-state index in [0.29, 0.717) is 17.7 Å². The molecule has 1 aromatic rings. The molecule has 0 spiro atoms. The number of benzene rings is 1. The van der Waals surface area contributed by atoms with Crippen LogP contribution in [0.2, 0.25) is 0 Å². The van der Waals surface area contributed by atoms with Crippen molar-refractivity contribution in [3.63, 3.8) is 0 Å². The lowest BCUT2D eigenvalue weighted by Crippen LogP contribution is -2.41. The molecule has 1 rings (SSSR count). The standard InChI is InChI=1S/C13H17NO4S/c1-8-9(4-3-5-11(8)15)12(16)14-10(13(17)18)6-7-19-2/h3-5,10,15H,6-7H2,1-2H3,(H,14,16)(H,17,18). The Morgan fingerprint density at radius 2 is 2.11 bits per heavy atom. The van der Waals surface area contributed by atoms with Crippen molar-refractivity contribution in [1.82, 2.24) is 5.32 Å². The van der Waals surface area contributed by atoms with Crippen molar-refractivity contribution in [3.8, 4) is 5.75 Å². The lowest BCUT2D eigenvalue weighted by molar-refractivity contribution is -0.139. The summed E-state index contributed by atoms with van der Waals surface area (Å²) in [4.78, 5) is 23.1. The molecule has 0 aliphatic carbocycles. The summed E-state index contributed by atoms with van der Waals surface area (Å²) in [6.07, 6.45) is 2.24. The Hall–Kier alpha value is -1.69. The van der Waals surface area contributed by atoms with Gasteiger partial charge in [-0.05, 0) is 37.5 Å². The van der Waals surface area contributed by atoms with Crippen molar-refractivity contribution in [1.29, 1.82) is 0 Å². The van der Waals surface area contributed by atoms with E-state index in [1.54, 1.807) is 19.1 Å². The molecule has 5 nitrogen and oxygen atoms in total. The minimum atomic E-state index is -1.06. The summed E-state index contributed by atoms with van der Waals surface area (Å²) < 4.78 is 0. The molecular formula is C13H17NO4S. The second-order valence-electron chi connectivity index (χ2n) is 4.10. The molecule has 0 radical (unpaired) electrons. The Bertz CT molecular complexity index is 476. The highest BCUT2D eigenvalue weighted by Gasteiger charge is 2.21. The van der Waals surface area contributed by atoms with Crippen LogP contribution in [0.15, 0.2) is 18.2 Å². The van der Waals surface area contributed by atoms with Crippen LogP contribution in [-0.2, 0) is 4.79 Å². The van der Waals surface area contributed by atoms with Gasteiger partial charge in [0.25, 0.3) is 5.91 Å². The van der Waals surface area contributed by atoms with E-state index in [1.165, 1.54) is 17.8 Å². The summed E-state index contributed by atoms with van der Waals surface area (Å²) in [7, 11) is 0. The Morgan fingerprint density at radius 1 is 1.42 bits per heavy atom. The highest BCUT2D eigenvalue weighted by Crippen LogP contribution is 2.19. The number of carboxylic acids is 1.